The third-order valence-electron chi connectivity index (χ3n) is 2.94. The largest absolute Gasteiger partial charge is 0.455 e. The summed E-state index contributed by atoms with van der Waals surface area (Å²) in [5.74, 6) is -0.796. The molecule has 1 amide bonds. The van der Waals surface area contributed by atoms with Crippen LogP contribution in [0.25, 0.3) is 0 Å². The van der Waals surface area contributed by atoms with Gasteiger partial charge in [-0.05, 0) is 23.8 Å². The fraction of sp³-hybridized carbons (Fsp3) is 0.176. The number of hydrogen-bond acceptors (Lipinski definition) is 4. The van der Waals surface area contributed by atoms with Crippen LogP contribution in [0.2, 0.25) is 10.0 Å². The van der Waals surface area contributed by atoms with E-state index in [1.54, 1.807) is 18.2 Å². The summed E-state index contributed by atoms with van der Waals surface area (Å²) in [6.07, 6.45) is 0. The van der Waals surface area contributed by atoms with Crippen LogP contribution in [0.15, 0.2) is 53.4 Å². The van der Waals surface area contributed by atoms with E-state index in [-0.39, 0.29) is 18.3 Å². The normalized spacial score (nSPS) is 10.2. The first-order valence-electron chi connectivity index (χ1n) is 7.08. The number of amides is 1. The summed E-state index contributed by atoms with van der Waals surface area (Å²) in [5, 5.41) is 3.73. The van der Waals surface area contributed by atoms with Gasteiger partial charge in [-0.15, -0.1) is 11.8 Å². The summed E-state index contributed by atoms with van der Waals surface area (Å²) >= 11 is 13.1. The van der Waals surface area contributed by atoms with E-state index in [4.69, 9.17) is 27.9 Å². The predicted octanol–water partition coefficient (Wildman–Crippen LogP) is 3.95. The van der Waals surface area contributed by atoms with Crippen LogP contribution in [0, 0.1) is 0 Å². The summed E-state index contributed by atoms with van der Waals surface area (Å²) in [6.45, 7) is 0.0829. The zero-order valence-corrected chi connectivity index (χ0v) is 15.0. The van der Waals surface area contributed by atoms with Gasteiger partial charge in [0.2, 0.25) is 0 Å². The molecule has 0 spiro atoms. The fourth-order valence-electron chi connectivity index (χ4n) is 1.76. The lowest BCUT2D eigenvalue weighted by Gasteiger charge is -2.07. The van der Waals surface area contributed by atoms with Crippen molar-refractivity contribution in [3.05, 3.63) is 64.1 Å². The highest BCUT2D eigenvalue weighted by atomic mass is 35.5. The van der Waals surface area contributed by atoms with Crippen molar-refractivity contribution in [2.24, 2.45) is 0 Å². The van der Waals surface area contributed by atoms with Gasteiger partial charge in [0.15, 0.2) is 6.61 Å². The van der Waals surface area contributed by atoms with Crippen LogP contribution >= 0.6 is 35.0 Å². The molecule has 0 aliphatic carbocycles. The zero-order chi connectivity index (χ0) is 17.4. The Morgan fingerprint density at radius 2 is 1.83 bits per heavy atom. The summed E-state index contributed by atoms with van der Waals surface area (Å²) in [6, 6.07) is 14.5. The maximum atomic E-state index is 11.7. The lowest BCUT2D eigenvalue weighted by atomic mass is 10.2. The van der Waals surface area contributed by atoms with E-state index in [1.807, 2.05) is 30.3 Å². The molecule has 0 heterocycles. The standard InChI is InChI=1S/C17H15Cl2NO3S/c18-13-6-7-14(19)15(8-13)24-11-17(22)23-10-16(21)20-9-12-4-2-1-3-5-12/h1-8H,9-11H2,(H,20,21). The van der Waals surface area contributed by atoms with Crippen LogP contribution in [-0.2, 0) is 20.9 Å². The minimum Gasteiger partial charge on any atom is -0.455 e. The molecule has 1 N–H and O–H groups in total. The number of benzene rings is 2. The summed E-state index contributed by atoms with van der Waals surface area (Å²) in [5.41, 5.74) is 0.975. The van der Waals surface area contributed by atoms with Crippen molar-refractivity contribution in [3.8, 4) is 0 Å². The van der Waals surface area contributed by atoms with E-state index in [1.165, 1.54) is 11.8 Å². The van der Waals surface area contributed by atoms with Gasteiger partial charge in [-0.25, -0.2) is 0 Å². The smallest absolute Gasteiger partial charge is 0.316 e. The number of carbonyl (C=O) groups excluding carboxylic acids is 2. The second-order valence-electron chi connectivity index (χ2n) is 4.79. The number of nitrogens with one attached hydrogen (secondary N) is 1. The summed E-state index contributed by atoms with van der Waals surface area (Å²) in [4.78, 5) is 24.0. The molecule has 0 atom stereocenters. The van der Waals surface area contributed by atoms with Gasteiger partial charge < -0.3 is 10.1 Å². The minimum atomic E-state index is -0.495. The molecule has 0 saturated heterocycles. The molecule has 126 valence electrons. The summed E-state index contributed by atoms with van der Waals surface area (Å²) < 4.78 is 4.94. The number of hydrogen-bond donors (Lipinski definition) is 1. The monoisotopic (exact) mass is 383 g/mol. The first-order valence-corrected chi connectivity index (χ1v) is 8.83. The average Bonchev–Trinajstić information content (AvgIpc) is 2.59. The van der Waals surface area contributed by atoms with Crippen molar-refractivity contribution in [1.29, 1.82) is 0 Å². The van der Waals surface area contributed by atoms with E-state index in [0.717, 1.165) is 5.56 Å². The van der Waals surface area contributed by atoms with Crippen molar-refractivity contribution in [1.82, 2.24) is 5.32 Å². The Labute approximate surface area is 154 Å². The van der Waals surface area contributed by atoms with Crippen LogP contribution in [0.1, 0.15) is 5.56 Å². The molecular formula is C17H15Cl2NO3S. The number of esters is 1. The lowest BCUT2D eigenvalue weighted by Crippen LogP contribution is -2.28. The van der Waals surface area contributed by atoms with E-state index in [2.05, 4.69) is 5.32 Å². The van der Waals surface area contributed by atoms with Gasteiger partial charge >= 0.3 is 5.97 Å². The Kier molecular flexibility index (Phi) is 7.43. The Bertz CT molecular complexity index is 710. The van der Waals surface area contributed by atoms with E-state index in [0.29, 0.717) is 21.5 Å². The fourth-order valence-corrected chi connectivity index (χ4v) is 3.05. The Balaban J connectivity index is 1.69. The highest BCUT2D eigenvalue weighted by Crippen LogP contribution is 2.29. The molecule has 0 unspecified atom stereocenters. The van der Waals surface area contributed by atoms with Crippen LogP contribution in [-0.4, -0.2) is 24.2 Å². The van der Waals surface area contributed by atoms with Crippen molar-refractivity contribution < 1.29 is 14.3 Å². The van der Waals surface area contributed by atoms with Crippen LogP contribution in [0.3, 0.4) is 0 Å². The van der Waals surface area contributed by atoms with Crippen molar-refractivity contribution in [2.45, 2.75) is 11.4 Å². The van der Waals surface area contributed by atoms with Gasteiger partial charge in [0.25, 0.3) is 5.91 Å². The number of carbonyl (C=O) groups is 2. The van der Waals surface area contributed by atoms with Crippen LogP contribution < -0.4 is 5.32 Å². The second kappa shape index (κ2) is 9.57. The highest BCUT2D eigenvalue weighted by molar-refractivity contribution is 8.00. The number of rotatable bonds is 7. The molecule has 0 aromatic heterocycles. The Morgan fingerprint density at radius 1 is 1.08 bits per heavy atom. The van der Waals surface area contributed by atoms with Gasteiger partial charge in [0.1, 0.15) is 0 Å². The molecule has 7 heteroatoms. The van der Waals surface area contributed by atoms with Crippen molar-refractivity contribution >= 4 is 46.8 Å². The molecule has 0 aliphatic rings. The molecule has 0 radical (unpaired) electrons. The van der Waals surface area contributed by atoms with E-state index >= 15 is 0 Å². The van der Waals surface area contributed by atoms with E-state index in [9.17, 15) is 9.59 Å². The molecular weight excluding hydrogens is 369 g/mol. The zero-order valence-electron chi connectivity index (χ0n) is 12.6. The molecule has 0 bridgehead atoms. The first kappa shape index (κ1) is 18.6. The van der Waals surface area contributed by atoms with Gasteiger partial charge in [0, 0.05) is 16.5 Å². The molecule has 0 saturated carbocycles. The third-order valence-corrected chi connectivity index (χ3v) is 4.64. The maximum Gasteiger partial charge on any atom is 0.316 e. The van der Waals surface area contributed by atoms with E-state index < -0.39 is 5.97 Å². The Morgan fingerprint density at radius 3 is 2.58 bits per heavy atom. The molecule has 4 nitrogen and oxygen atoms in total. The third kappa shape index (κ3) is 6.43. The number of halogens is 2. The van der Waals surface area contributed by atoms with Gasteiger partial charge in [-0.2, -0.15) is 0 Å². The topological polar surface area (TPSA) is 55.4 Å². The molecule has 24 heavy (non-hydrogen) atoms. The molecule has 2 aromatic rings. The molecule has 0 aliphatic heterocycles. The molecule has 2 rings (SSSR count). The number of thioether (sulfide) groups is 1. The average molecular weight is 384 g/mol. The molecule has 2 aromatic carbocycles. The van der Waals surface area contributed by atoms with Crippen LogP contribution in [0.5, 0.6) is 0 Å². The molecule has 0 fully saturated rings. The van der Waals surface area contributed by atoms with Gasteiger partial charge in [-0.3, -0.25) is 9.59 Å². The van der Waals surface area contributed by atoms with Crippen molar-refractivity contribution in [3.63, 3.8) is 0 Å². The van der Waals surface area contributed by atoms with Crippen LogP contribution in [0.4, 0.5) is 0 Å². The number of ether oxygens (including phenoxy) is 1. The van der Waals surface area contributed by atoms with Crippen molar-refractivity contribution in [2.75, 3.05) is 12.4 Å². The Hall–Kier alpha value is -1.69. The second-order valence-corrected chi connectivity index (χ2v) is 6.65. The maximum absolute atomic E-state index is 11.7. The SMILES string of the molecule is O=C(COC(=O)CSc1cc(Cl)ccc1Cl)NCc1ccccc1. The highest BCUT2D eigenvalue weighted by Gasteiger charge is 2.10. The lowest BCUT2D eigenvalue weighted by molar-refractivity contribution is -0.145. The summed E-state index contributed by atoms with van der Waals surface area (Å²) in [7, 11) is 0. The van der Waals surface area contributed by atoms with Gasteiger partial charge in [0.05, 0.1) is 10.8 Å². The van der Waals surface area contributed by atoms with Gasteiger partial charge in [-0.1, -0.05) is 53.5 Å². The first-order chi connectivity index (χ1) is 11.5. The predicted molar refractivity (Wildman–Crippen MR) is 96.4 cm³/mol. The minimum absolute atomic E-state index is 0.0476. The quantitative estimate of drug-likeness (QED) is 0.580.